The molecule has 0 aliphatic carbocycles. The van der Waals surface area contributed by atoms with Crippen molar-refractivity contribution in [2.45, 2.75) is 37.7 Å². The summed E-state index contributed by atoms with van der Waals surface area (Å²) < 4.78 is 11.7. The van der Waals surface area contributed by atoms with E-state index in [4.69, 9.17) is 9.47 Å². The van der Waals surface area contributed by atoms with Gasteiger partial charge in [0.05, 0.1) is 7.11 Å². The maximum atomic E-state index is 6.24. The van der Waals surface area contributed by atoms with Crippen molar-refractivity contribution in [1.29, 1.82) is 0 Å². The molecule has 0 N–H and O–H groups in total. The van der Waals surface area contributed by atoms with Crippen molar-refractivity contribution in [2.24, 2.45) is 0 Å². The van der Waals surface area contributed by atoms with Gasteiger partial charge in [-0.15, -0.1) is 11.8 Å². The highest BCUT2D eigenvalue weighted by Gasteiger charge is 2.23. The van der Waals surface area contributed by atoms with E-state index in [9.17, 15) is 0 Å². The standard InChI is InChI=1S/C16H28N4O2S/c1-6-20(7-2)16-17-14(21-4)13(23-5)15(18-16)22-12-8-10-19(3)11-9-12/h12H,6-11H2,1-5H3. The van der Waals surface area contributed by atoms with Gasteiger partial charge in [0.25, 0.3) is 0 Å². The molecule has 2 heterocycles. The molecule has 23 heavy (non-hydrogen) atoms. The lowest BCUT2D eigenvalue weighted by molar-refractivity contribution is 0.106. The molecule has 7 heteroatoms. The maximum absolute atomic E-state index is 6.24. The van der Waals surface area contributed by atoms with Gasteiger partial charge < -0.3 is 19.3 Å². The Morgan fingerprint density at radius 1 is 1.17 bits per heavy atom. The number of piperidine rings is 1. The van der Waals surface area contributed by atoms with Crippen molar-refractivity contribution in [3.63, 3.8) is 0 Å². The number of hydrogen-bond acceptors (Lipinski definition) is 7. The van der Waals surface area contributed by atoms with Crippen LogP contribution in [0.2, 0.25) is 0 Å². The number of likely N-dealkylation sites (tertiary alicyclic amines) is 1. The summed E-state index contributed by atoms with van der Waals surface area (Å²) >= 11 is 1.57. The highest BCUT2D eigenvalue weighted by molar-refractivity contribution is 7.98. The van der Waals surface area contributed by atoms with Crippen LogP contribution in [0.3, 0.4) is 0 Å². The predicted octanol–water partition coefficient (Wildman–Crippen LogP) is 2.53. The Bertz CT molecular complexity index is 503. The van der Waals surface area contributed by atoms with E-state index in [1.54, 1.807) is 18.9 Å². The molecule has 1 aliphatic rings. The Morgan fingerprint density at radius 2 is 1.78 bits per heavy atom. The summed E-state index contributed by atoms with van der Waals surface area (Å²) in [6, 6.07) is 0. The fourth-order valence-electron chi connectivity index (χ4n) is 2.70. The lowest BCUT2D eigenvalue weighted by Gasteiger charge is -2.30. The van der Waals surface area contributed by atoms with Gasteiger partial charge in [-0.25, -0.2) is 0 Å². The van der Waals surface area contributed by atoms with Gasteiger partial charge in [0.2, 0.25) is 17.7 Å². The highest BCUT2D eigenvalue weighted by atomic mass is 32.2. The van der Waals surface area contributed by atoms with Crippen molar-refractivity contribution in [1.82, 2.24) is 14.9 Å². The minimum Gasteiger partial charge on any atom is -0.480 e. The lowest BCUT2D eigenvalue weighted by atomic mass is 10.1. The number of methoxy groups -OCH3 is 1. The monoisotopic (exact) mass is 340 g/mol. The summed E-state index contributed by atoms with van der Waals surface area (Å²) in [5.41, 5.74) is 0. The van der Waals surface area contributed by atoms with E-state index in [0.717, 1.165) is 43.9 Å². The van der Waals surface area contributed by atoms with Crippen LogP contribution >= 0.6 is 11.8 Å². The highest BCUT2D eigenvalue weighted by Crippen LogP contribution is 2.36. The van der Waals surface area contributed by atoms with Crippen molar-refractivity contribution in [3.05, 3.63) is 0 Å². The molecular weight excluding hydrogens is 312 g/mol. The van der Waals surface area contributed by atoms with E-state index in [2.05, 4.69) is 40.7 Å². The van der Waals surface area contributed by atoms with E-state index in [0.29, 0.717) is 17.7 Å². The first kappa shape index (κ1) is 18.1. The van der Waals surface area contributed by atoms with E-state index in [1.807, 2.05) is 6.26 Å². The normalized spacial score (nSPS) is 16.4. The van der Waals surface area contributed by atoms with Gasteiger partial charge in [-0.2, -0.15) is 9.97 Å². The first-order chi connectivity index (χ1) is 11.1. The molecule has 0 aromatic carbocycles. The molecule has 130 valence electrons. The summed E-state index contributed by atoms with van der Waals surface area (Å²) in [5.74, 6) is 1.92. The zero-order valence-corrected chi connectivity index (χ0v) is 15.7. The second kappa shape index (κ2) is 8.59. The topological polar surface area (TPSA) is 50.7 Å². The van der Waals surface area contributed by atoms with Gasteiger partial charge in [0, 0.05) is 26.2 Å². The lowest BCUT2D eigenvalue weighted by Crippen LogP contribution is -2.36. The molecule has 0 bridgehead atoms. The third-order valence-corrected chi connectivity index (χ3v) is 4.94. The Hall–Kier alpha value is -1.21. The summed E-state index contributed by atoms with van der Waals surface area (Å²) in [4.78, 5) is 14.6. The minimum atomic E-state index is 0.209. The van der Waals surface area contributed by atoms with Crippen LogP contribution in [0.4, 0.5) is 5.95 Å². The van der Waals surface area contributed by atoms with Crippen molar-refractivity contribution >= 4 is 17.7 Å². The molecule has 6 nitrogen and oxygen atoms in total. The Labute approximate surface area is 143 Å². The quantitative estimate of drug-likeness (QED) is 0.707. The summed E-state index contributed by atoms with van der Waals surface area (Å²) in [7, 11) is 3.79. The van der Waals surface area contributed by atoms with Gasteiger partial charge in [-0.05, 0) is 40.0 Å². The van der Waals surface area contributed by atoms with Gasteiger partial charge in [-0.3, -0.25) is 0 Å². The molecule has 0 radical (unpaired) electrons. The van der Waals surface area contributed by atoms with Crippen LogP contribution in [0.1, 0.15) is 26.7 Å². The average Bonchev–Trinajstić information content (AvgIpc) is 2.57. The van der Waals surface area contributed by atoms with Crippen molar-refractivity contribution in [3.8, 4) is 11.8 Å². The van der Waals surface area contributed by atoms with Crippen LogP contribution in [0, 0.1) is 0 Å². The molecule has 1 saturated heterocycles. The molecule has 2 rings (SSSR count). The zero-order valence-electron chi connectivity index (χ0n) is 14.8. The summed E-state index contributed by atoms with van der Waals surface area (Å²) in [6.07, 6.45) is 4.26. The van der Waals surface area contributed by atoms with Crippen LogP contribution in [0.5, 0.6) is 11.8 Å². The van der Waals surface area contributed by atoms with E-state index >= 15 is 0 Å². The van der Waals surface area contributed by atoms with Gasteiger partial charge >= 0.3 is 0 Å². The second-order valence-electron chi connectivity index (χ2n) is 5.66. The van der Waals surface area contributed by atoms with E-state index < -0.39 is 0 Å². The summed E-state index contributed by atoms with van der Waals surface area (Å²) in [5, 5.41) is 0. The first-order valence-electron chi connectivity index (χ1n) is 8.23. The molecule has 0 atom stereocenters. The third-order valence-electron chi connectivity index (χ3n) is 4.18. The fourth-order valence-corrected chi connectivity index (χ4v) is 3.27. The molecule has 1 aromatic rings. The fraction of sp³-hybridized carbons (Fsp3) is 0.750. The minimum absolute atomic E-state index is 0.209. The Kier molecular flexibility index (Phi) is 6.77. The molecule has 1 aromatic heterocycles. The molecule has 0 spiro atoms. The zero-order chi connectivity index (χ0) is 16.8. The van der Waals surface area contributed by atoms with Gasteiger partial charge in [0.1, 0.15) is 11.0 Å². The van der Waals surface area contributed by atoms with Gasteiger partial charge in [0.15, 0.2) is 0 Å². The number of ether oxygens (including phenoxy) is 2. The smallest absolute Gasteiger partial charge is 0.236 e. The largest absolute Gasteiger partial charge is 0.480 e. The van der Waals surface area contributed by atoms with Crippen molar-refractivity contribution < 1.29 is 9.47 Å². The van der Waals surface area contributed by atoms with Crippen LogP contribution < -0.4 is 14.4 Å². The van der Waals surface area contributed by atoms with Crippen LogP contribution in [0.25, 0.3) is 0 Å². The van der Waals surface area contributed by atoms with E-state index in [-0.39, 0.29) is 6.10 Å². The number of hydrogen-bond donors (Lipinski definition) is 0. The summed E-state index contributed by atoms with van der Waals surface area (Å²) in [6.45, 7) is 8.02. The average molecular weight is 340 g/mol. The Balaban J connectivity index is 2.29. The van der Waals surface area contributed by atoms with Gasteiger partial charge in [-0.1, -0.05) is 0 Å². The van der Waals surface area contributed by atoms with Crippen molar-refractivity contribution in [2.75, 3.05) is 51.5 Å². The number of anilines is 1. The molecule has 0 saturated carbocycles. The number of aromatic nitrogens is 2. The number of rotatable bonds is 7. The third kappa shape index (κ3) is 4.41. The SMILES string of the molecule is CCN(CC)c1nc(OC)c(SC)c(OC2CCN(C)CC2)n1. The van der Waals surface area contributed by atoms with Crippen LogP contribution in [0.15, 0.2) is 4.90 Å². The molecule has 0 unspecified atom stereocenters. The maximum Gasteiger partial charge on any atom is 0.236 e. The van der Waals surface area contributed by atoms with Crippen LogP contribution in [-0.2, 0) is 0 Å². The number of thioether (sulfide) groups is 1. The molecule has 0 amide bonds. The predicted molar refractivity (Wildman–Crippen MR) is 95.1 cm³/mol. The number of nitrogens with zero attached hydrogens (tertiary/aromatic N) is 4. The Morgan fingerprint density at radius 3 is 2.30 bits per heavy atom. The second-order valence-corrected chi connectivity index (χ2v) is 6.48. The first-order valence-corrected chi connectivity index (χ1v) is 9.45. The van der Waals surface area contributed by atoms with Crippen LogP contribution in [-0.4, -0.2) is 67.6 Å². The van der Waals surface area contributed by atoms with E-state index in [1.165, 1.54) is 0 Å². The molecule has 1 fully saturated rings. The molecular formula is C16H28N4O2S. The molecule has 1 aliphatic heterocycles.